The van der Waals surface area contributed by atoms with Crippen LogP contribution in [0, 0.1) is 0 Å². The third kappa shape index (κ3) is 3.57. The van der Waals surface area contributed by atoms with Crippen molar-refractivity contribution in [1.82, 2.24) is 10.3 Å². The van der Waals surface area contributed by atoms with Crippen LogP contribution in [-0.2, 0) is 0 Å². The van der Waals surface area contributed by atoms with Crippen LogP contribution >= 0.6 is 0 Å². The molecule has 0 spiro atoms. The molecule has 0 saturated heterocycles. The van der Waals surface area contributed by atoms with E-state index in [1.54, 1.807) is 25.4 Å². The van der Waals surface area contributed by atoms with Crippen molar-refractivity contribution in [3.05, 3.63) is 59.8 Å². The van der Waals surface area contributed by atoms with Crippen LogP contribution in [0.5, 0.6) is 0 Å². The number of hydrogen-bond acceptors (Lipinski definition) is 3. The molecule has 104 valence electrons. The Morgan fingerprint density at radius 2 is 1.95 bits per heavy atom. The Bertz CT molecular complexity index is 552. The zero-order valence-electron chi connectivity index (χ0n) is 11.8. The number of nitrogens with zero attached hydrogens (tertiary/aromatic N) is 1. The highest BCUT2D eigenvalue weighted by Crippen LogP contribution is 2.13. The molecule has 0 radical (unpaired) electrons. The predicted octanol–water partition coefficient (Wildman–Crippen LogP) is 2.66. The maximum Gasteiger partial charge on any atom is 0.252 e. The maximum absolute atomic E-state index is 12.0. The van der Waals surface area contributed by atoms with E-state index in [2.05, 4.69) is 34.7 Å². The molecule has 20 heavy (non-hydrogen) atoms. The third-order valence-corrected chi connectivity index (χ3v) is 3.22. The first-order valence-corrected chi connectivity index (χ1v) is 6.67. The van der Waals surface area contributed by atoms with Gasteiger partial charge < -0.3 is 10.6 Å². The summed E-state index contributed by atoms with van der Waals surface area (Å²) in [6.45, 7) is 2.70. The summed E-state index contributed by atoms with van der Waals surface area (Å²) in [6.07, 6.45) is 1.58. The molecule has 2 rings (SSSR count). The Kier molecular flexibility index (Phi) is 4.71. The molecule has 4 heteroatoms. The summed E-state index contributed by atoms with van der Waals surface area (Å²) in [5.41, 5.74) is 1.79. The van der Waals surface area contributed by atoms with Gasteiger partial charge in [0.15, 0.2) is 0 Å². The minimum atomic E-state index is -0.0945. The number of carbonyl (C=O) groups excluding carboxylic acids is 1. The largest absolute Gasteiger partial charge is 0.373 e. The Hall–Kier alpha value is -2.36. The summed E-state index contributed by atoms with van der Waals surface area (Å²) in [5, 5.41) is 5.86. The Balaban J connectivity index is 1.91. The second-order valence-electron chi connectivity index (χ2n) is 4.70. The second kappa shape index (κ2) is 6.70. The van der Waals surface area contributed by atoms with Crippen LogP contribution in [0.3, 0.4) is 0 Å². The molecule has 2 N–H and O–H groups in total. The Morgan fingerprint density at radius 1 is 1.20 bits per heavy atom. The maximum atomic E-state index is 12.0. The minimum Gasteiger partial charge on any atom is -0.373 e. The van der Waals surface area contributed by atoms with Crippen molar-refractivity contribution in [3.63, 3.8) is 0 Å². The second-order valence-corrected chi connectivity index (χ2v) is 4.70. The molecule has 0 aliphatic rings. The average Bonchev–Trinajstić information content (AvgIpc) is 2.53. The first-order valence-electron chi connectivity index (χ1n) is 6.67. The predicted molar refractivity (Wildman–Crippen MR) is 81.0 cm³/mol. The highest BCUT2D eigenvalue weighted by atomic mass is 16.1. The lowest BCUT2D eigenvalue weighted by Crippen LogP contribution is -2.27. The summed E-state index contributed by atoms with van der Waals surface area (Å²) >= 11 is 0. The first-order chi connectivity index (χ1) is 9.70. The molecule has 0 aliphatic heterocycles. The van der Waals surface area contributed by atoms with Crippen LogP contribution in [0.4, 0.5) is 5.82 Å². The monoisotopic (exact) mass is 269 g/mol. The van der Waals surface area contributed by atoms with Gasteiger partial charge in [0.2, 0.25) is 0 Å². The number of amides is 1. The van der Waals surface area contributed by atoms with Crippen LogP contribution in [0.1, 0.15) is 28.8 Å². The number of benzene rings is 1. The third-order valence-electron chi connectivity index (χ3n) is 3.22. The molecule has 2 aromatic rings. The van der Waals surface area contributed by atoms with Crippen molar-refractivity contribution in [3.8, 4) is 0 Å². The number of rotatable bonds is 5. The number of pyridine rings is 1. The van der Waals surface area contributed by atoms with E-state index in [-0.39, 0.29) is 11.8 Å². The van der Waals surface area contributed by atoms with Gasteiger partial charge in [-0.1, -0.05) is 37.3 Å². The Labute approximate surface area is 119 Å². The highest BCUT2D eigenvalue weighted by Gasteiger charge is 2.09. The summed E-state index contributed by atoms with van der Waals surface area (Å²) in [5.74, 6) is 0.937. The fourth-order valence-corrected chi connectivity index (χ4v) is 1.92. The van der Waals surface area contributed by atoms with E-state index in [4.69, 9.17) is 0 Å². The molecule has 1 amide bonds. The van der Waals surface area contributed by atoms with Gasteiger partial charge in [0, 0.05) is 19.8 Å². The number of anilines is 1. The summed E-state index contributed by atoms with van der Waals surface area (Å²) in [4.78, 5) is 16.1. The number of carbonyl (C=O) groups is 1. The lowest BCUT2D eigenvalue weighted by atomic mass is 10.0. The summed E-state index contributed by atoms with van der Waals surface area (Å²) < 4.78 is 0. The first kappa shape index (κ1) is 14.1. The average molecular weight is 269 g/mol. The zero-order valence-corrected chi connectivity index (χ0v) is 11.8. The van der Waals surface area contributed by atoms with Gasteiger partial charge in [-0.05, 0) is 23.6 Å². The van der Waals surface area contributed by atoms with Gasteiger partial charge in [-0.3, -0.25) is 4.79 Å². The Morgan fingerprint density at radius 3 is 2.55 bits per heavy atom. The van der Waals surface area contributed by atoms with Crippen molar-refractivity contribution in [1.29, 1.82) is 0 Å². The highest BCUT2D eigenvalue weighted by molar-refractivity contribution is 5.94. The topological polar surface area (TPSA) is 54.0 Å². The van der Waals surface area contributed by atoms with E-state index >= 15 is 0 Å². The molecule has 0 fully saturated rings. The van der Waals surface area contributed by atoms with E-state index in [1.807, 2.05) is 18.2 Å². The lowest BCUT2D eigenvalue weighted by Gasteiger charge is -2.13. The summed E-state index contributed by atoms with van der Waals surface area (Å²) in [7, 11) is 1.80. The SMILES string of the molecule is CNc1ccc(C(=O)NCC(C)c2ccccc2)cn1. The molecule has 0 aliphatic carbocycles. The van der Waals surface area contributed by atoms with E-state index in [0.29, 0.717) is 12.1 Å². The zero-order chi connectivity index (χ0) is 14.4. The van der Waals surface area contributed by atoms with E-state index in [0.717, 1.165) is 5.82 Å². The lowest BCUT2D eigenvalue weighted by molar-refractivity contribution is 0.0951. The molecule has 1 atom stereocenters. The molecular formula is C16H19N3O. The van der Waals surface area contributed by atoms with Gasteiger partial charge in [-0.25, -0.2) is 4.98 Å². The fourth-order valence-electron chi connectivity index (χ4n) is 1.92. The molecule has 4 nitrogen and oxygen atoms in total. The molecule has 1 aromatic heterocycles. The van der Waals surface area contributed by atoms with Gasteiger partial charge >= 0.3 is 0 Å². The molecule has 0 saturated carbocycles. The normalized spacial score (nSPS) is 11.7. The van der Waals surface area contributed by atoms with Crippen molar-refractivity contribution in [2.24, 2.45) is 0 Å². The van der Waals surface area contributed by atoms with Crippen molar-refractivity contribution >= 4 is 11.7 Å². The van der Waals surface area contributed by atoms with Crippen LogP contribution in [0.2, 0.25) is 0 Å². The fraction of sp³-hybridized carbons (Fsp3) is 0.250. The van der Waals surface area contributed by atoms with Gasteiger partial charge in [-0.2, -0.15) is 0 Å². The molecular weight excluding hydrogens is 250 g/mol. The van der Waals surface area contributed by atoms with E-state index in [1.165, 1.54) is 5.56 Å². The van der Waals surface area contributed by atoms with Gasteiger partial charge in [0.05, 0.1) is 5.56 Å². The van der Waals surface area contributed by atoms with E-state index < -0.39 is 0 Å². The summed E-state index contributed by atoms with van der Waals surface area (Å²) in [6, 6.07) is 13.7. The molecule has 0 bridgehead atoms. The van der Waals surface area contributed by atoms with Crippen molar-refractivity contribution < 1.29 is 4.79 Å². The van der Waals surface area contributed by atoms with Crippen LogP contribution in [0.25, 0.3) is 0 Å². The van der Waals surface area contributed by atoms with Gasteiger partial charge in [0.25, 0.3) is 5.91 Å². The van der Waals surface area contributed by atoms with E-state index in [9.17, 15) is 4.79 Å². The van der Waals surface area contributed by atoms with Crippen LogP contribution < -0.4 is 10.6 Å². The minimum absolute atomic E-state index is 0.0945. The number of nitrogens with one attached hydrogen (secondary N) is 2. The van der Waals surface area contributed by atoms with Crippen LogP contribution in [-0.4, -0.2) is 24.5 Å². The van der Waals surface area contributed by atoms with Gasteiger partial charge in [0.1, 0.15) is 5.82 Å². The smallest absolute Gasteiger partial charge is 0.252 e. The molecule has 1 unspecified atom stereocenters. The molecule has 1 heterocycles. The molecule has 1 aromatic carbocycles. The van der Waals surface area contributed by atoms with Gasteiger partial charge in [-0.15, -0.1) is 0 Å². The van der Waals surface area contributed by atoms with Crippen LogP contribution in [0.15, 0.2) is 48.7 Å². The standard InChI is InChI=1S/C16H19N3O/c1-12(13-6-4-3-5-7-13)10-19-16(20)14-8-9-15(17-2)18-11-14/h3-9,11-12H,10H2,1-2H3,(H,17,18)(H,19,20). The van der Waals surface area contributed by atoms with Crippen molar-refractivity contribution in [2.75, 3.05) is 18.9 Å². The number of hydrogen-bond donors (Lipinski definition) is 2. The quantitative estimate of drug-likeness (QED) is 0.877. The number of aromatic nitrogens is 1. The van der Waals surface area contributed by atoms with Crippen molar-refractivity contribution in [2.45, 2.75) is 12.8 Å².